The first-order valence-electron chi connectivity index (χ1n) is 7.92. The normalized spacial score (nSPS) is 52.4. The van der Waals surface area contributed by atoms with Gasteiger partial charge in [0.1, 0.15) is 5.60 Å². The molecule has 1 saturated carbocycles. The van der Waals surface area contributed by atoms with Crippen LogP contribution in [0.15, 0.2) is 4.99 Å². The summed E-state index contributed by atoms with van der Waals surface area (Å²) in [5.41, 5.74) is -0.979. The maximum Gasteiger partial charge on any atom is 0.188 e. The van der Waals surface area contributed by atoms with Gasteiger partial charge in [-0.1, -0.05) is 13.8 Å². The zero-order valence-corrected chi connectivity index (χ0v) is 14.1. The van der Waals surface area contributed by atoms with Crippen molar-refractivity contribution in [1.82, 2.24) is 0 Å². The molecule has 2 aliphatic heterocycles. The van der Waals surface area contributed by atoms with Crippen molar-refractivity contribution in [3.63, 3.8) is 0 Å². The van der Waals surface area contributed by atoms with Crippen LogP contribution in [0.4, 0.5) is 0 Å². The van der Waals surface area contributed by atoms with Crippen molar-refractivity contribution < 1.29 is 14.6 Å². The number of aliphatic imine (C=N–C) groups is 1. The summed E-state index contributed by atoms with van der Waals surface area (Å²) in [6, 6.07) is 0. The highest BCUT2D eigenvalue weighted by Gasteiger charge is 2.70. The highest BCUT2D eigenvalue weighted by atomic mass is 32.1. The Bertz CT molecular complexity index is 492. The molecule has 0 aromatic rings. The first-order chi connectivity index (χ1) is 9.77. The van der Waals surface area contributed by atoms with Gasteiger partial charge >= 0.3 is 0 Å². The smallest absolute Gasteiger partial charge is 0.188 e. The second-order valence-electron chi connectivity index (χ2n) is 7.60. The highest BCUT2D eigenvalue weighted by Crippen LogP contribution is 2.61. The highest BCUT2D eigenvalue weighted by molar-refractivity contribution is 7.78. The number of aliphatic hydroxyl groups excluding tert-OH is 1. The van der Waals surface area contributed by atoms with E-state index in [9.17, 15) is 5.11 Å². The van der Waals surface area contributed by atoms with E-state index in [2.05, 4.69) is 30.9 Å². The van der Waals surface area contributed by atoms with Crippen molar-refractivity contribution in [1.29, 1.82) is 0 Å². The standard InChI is InChI=1S/C16H25NO3S/c1-10(2)11-5-7-14(3,17-9-21)12-6-8-15(4)19-13(18)16(11,12)20-15/h10-13,18H,5-8H2,1-4H3/t11-,12-,13-,14-,15-,16+/m0/s1. The fourth-order valence-electron chi connectivity index (χ4n) is 5.02. The van der Waals surface area contributed by atoms with Gasteiger partial charge in [-0.15, -0.1) is 0 Å². The Morgan fingerprint density at radius 3 is 2.62 bits per heavy atom. The van der Waals surface area contributed by atoms with Crippen molar-refractivity contribution in [3.8, 4) is 0 Å². The Labute approximate surface area is 131 Å². The van der Waals surface area contributed by atoms with Gasteiger partial charge in [-0.05, 0) is 57.2 Å². The van der Waals surface area contributed by atoms with E-state index < -0.39 is 17.7 Å². The quantitative estimate of drug-likeness (QED) is 0.629. The van der Waals surface area contributed by atoms with Crippen molar-refractivity contribution in [2.75, 3.05) is 0 Å². The molecule has 118 valence electrons. The molecule has 0 amide bonds. The summed E-state index contributed by atoms with van der Waals surface area (Å²) in [7, 11) is 0. The lowest BCUT2D eigenvalue weighted by atomic mass is 9.55. The van der Waals surface area contributed by atoms with Crippen LogP contribution >= 0.6 is 12.2 Å². The molecule has 1 spiro atoms. The Morgan fingerprint density at radius 2 is 2.00 bits per heavy atom. The number of rotatable bonds is 2. The van der Waals surface area contributed by atoms with Crippen LogP contribution in [-0.4, -0.2) is 33.5 Å². The van der Waals surface area contributed by atoms with E-state index in [1.165, 1.54) is 0 Å². The van der Waals surface area contributed by atoms with Gasteiger partial charge in [0.15, 0.2) is 12.1 Å². The Kier molecular flexibility index (Phi) is 3.59. The summed E-state index contributed by atoms with van der Waals surface area (Å²) in [6.45, 7) is 8.45. The molecule has 0 unspecified atom stereocenters. The number of fused-ring (bicyclic) bond motifs is 1. The summed E-state index contributed by atoms with van der Waals surface area (Å²) in [4.78, 5) is 4.48. The molecule has 1 N–H and O–H groups in total. The van der Waals surface area contributed by atoms with Crippen LogP contribution in [0.1, 0.15) is 53.4 Å². The molecule has 2 heterocycles. The second-order valence-corrected chi connectivity index (χ2v) is 7.78. The molecule has 1 aliphatic carbocycles. The molecule has 6 atom stereocenters. The number of isothiocyanates is 1. The van der Waals surface area contributed by atoms with Crippen molar-refractivity contribution in [2.45, 2.75) is 76.6 Å². The number of aliphatic hydroxyl groups is 1. The molecule has 3 rings (SSSR count). The Hall–Kier alpha value is -0.320. The summed E-state index contributed by atoms with van der Waals surface area (Å²) in [5, 5.41) is 13.3. The minimum absolute atomic E-state index is 0.118. The fraction of sp³-hybridized carbons (Fsp3) is 0.938. The van der Waals surface area contributed by atoms with Gasteiger partial charge in [0.25, 0.3) is 0 Å². The maximum atomic E-state index is 10.7. The molecule has 2 bridgehead atoms. The van der Waals surface area contributed by atoms with Crippen LogP contribution in [0.25, 0.3) is 0 Å². The number of hydrogen-bond donors (Lipinski definition) is 1. The topological polar surface area (TPSA) is 51.0 Å². The minimum atomic E-state index is -0.887. The molecule has 3 aliphatic rings. The van der Waals surface area contributed by atoms with Gasteiger partial charge < -0.3 is 14.6 Å². The molecule has 21 heavy (non-hydrogen) atoms. The lowest BCUT2D eigenvalue weighted by Crippen LogP contribution is -2.65. The molecular formula is C16H25NO3S. The molecule has 2 saturated heterocycles. The molecule has 4 nitrogen and oxygen atoms in total. The van der Waals surface area contributed by atoms with Crippen LogP contribution in [0.3, 0.4) is 0 Å². The summed E-state index contributed by atoms with van der Waals surface area (Å²) in [6.07, 6.45) is 2.75. The Morgan fingerprint density at radius 1 is 1.29 bits per heavy atom. The van der Waals surface area contributed by atoms with Crippen LogP contribution in [-0.2, 0) is 9.47 Å². The van der Waals surface area contributed by atoms with Gasteiger partial charge in [0.2, 0.25) is 0 Å². The molecule has 0 radical (unpaired) electrons. The van der Waals surface area contributed by atoms with E-state index in [0.717, 1.165) is 25.7 Å². The van der Waals surface area contributed by atoms with Gasteiger partial charge in [-0.25, -0.2) is 4.99 Å². The van der Waals surface area contributed by atoms with E-state index >= 15 is 0 Å². The predicted octanol–water partition coefficient (Wildman–Crippen LogP) is 3.14. The third-order valence-corrected chi connectivity index (χ3v) is 6.06. The summed E-state index contributed by atoms with van der Waals surface area (Å²) in [5.74, 6) is 0.148. The van der Waals surface area contributed by atoms with E-state index in [-0.39, 0.29) is 17.4 Å². The molecule has 0 aromatic carbocycles. The summed E-state index contributed by atoms with van der Waals surface area (Å²) < 4.78 is 12.2. The van der Waals surface area contributed by atoms with Crippen molar-refractivity contribution >= 4 is 17.4 Å². The Balaban J connectivity index is 2.10. The lowest BCUT2D eigenvalue weighted by molar-refractivity contribution is -0.253. The molecule has 0 aromatic heterocycles. The summed E-state index contributed by atoms with van der Waals surface area (Å²) >= 11 is 4.86. The number of nitrogens with zero attached hydrogens (tertiary/aromatic N) is 1. The zero-order chi connectivity index (χ0) is 15.5. The second kappa shape index (κ2) is 4.84. The predicted molar refractivity (Wildman–Crippen MR) is 83.0 cm³/mol. The van der Waals surface area contributed by atoms with E-state index in [4.69, 9.17) is 21.7 Å². The van der Waals surface area contributed by atoms with Crippen LogP contribution < -0.4 is 0 Å². The van der Waals surface area contributed by atoms with Gasteiger partial charge in [-0.2, -0.15) is 0 Å². The van der Waals surface area contributed by atoms with Crippen LogP contribution in [0.2, 0.25) is 0 Å². The number of ether oxygens (including phenoxy) is 2. The average Bonchev–Trinajstić information content (AvgIpc) is 2.55. The molecule has 3 fully saturated rings. The van der Waals surface area contributed by atoms with Gasteiger partial charge in [0, 0.05) is 12.3 Å². The van der Waals surface area contributed by atoms with E-state index in [0.29, 0.717) is 5.92 Å². The third kappa shape index (κ3) is 2.06. The first-order valence-corrected chi connectivity index (χ1v) is 8.33. The monoisotopic (exact) mass is 311 g/mol. The van der Waals surface area contributed by atoms with Gasteiger partial charge in [0.05, 0.1) is 10.7 Å². The first kappa shape index (κ1) is 15.6. The van der Waals surface area contributed by atoms with Crippen molar-refractivity contribution in [2.24, 2.45) is 22.7 Å². The SMILES string of the molecule is CC(C)[C@@H]1CC[C@](C)(N=C=S)[C@@H]2CC[C@@]3(C)O[C@H](O)[C@]21O3. The number of hydrogen-bond acceptors (Lipinski definition) is 5. The zero-order valence-electron chi connectivity index (χ0n) is 13.3. The lowest BCUT2D eigenvalue weighted by Gasteiger charge is -2.57. The minimum Gasteiger partial charge on any atom is -0.365 e. The maximum absolute atomic E-state index is 10.7. The average molecular weight is 311 g/mol. The number of thiocarbonyl (C=S) groups is 1. The third-order valence-electron chi connectivity index (χ3n) is 5.97. The van der Waals surface area contributed by atoms with Crippen LogP contribution in [0.5, 0.6) is 0 Å². The van der Waals surface area contributed by atoms with Crippen LogP contribution in [0, 0.1) is 17.8 Å². The van der Waals surface area contributed by atoms with E-state index in [1.54, 1.807) is 0 Å². The van der Waals surface area contributed by atoms with E-state index in [1.807, 2.05) is 6.92 Å². The molecule has 5 heteroatoms. The molecular weight excluding hydrogens is 286 g/mol. The van der Waals surface area contributed by atoms with Crippen molar-refractivity contribution in [3.05, 3.63) is 0 Å². The van der Waals surface area contributed by atoms with Gasteiger partial charge in [-0.3, -0.25) is 0 Å². The fourth-order valence-corrected chi connectivity index (χ4v) is 5.22. The largest absolute Gasteiger partial charge is 0.365 e.